The molecule has 49 heavy (non-hydrogen) atoms. The topological polar surface area (TPSA) is 53.1 Å². The van der Waals surface area contributed by atoms with Crippen molar-refractivity contribution in [1.29, 1.82) is 0 Å². The number of carbonyl (C=O) groups is 2. The molecule has 0 radical (unpaired) electrons. The average molecular weight is 694 g/mol. The minimum Gasteiger partial charge on any atom is -0.445 e. The molecule has 2 amide bonds. The van der Waals surface area contributed by atoms with Gasteiger partial charge in [-0.3, -0.25) is 9.69 Å². The first kappa shape index (κ1) is 36.2. The van der Waals surface area contributed by atoms with Crippen LogP contribution in [0.3, 0.4) is 0 Å². The minimum absolute atomic E-state index is 0.00294. The predicted molar refractivity (Wildman–Crippen MR) is 168 cm³/mol. The van der Waals surface area contributed by atoms with Gasteiger partial charge >= 0.3 is 18.4 Å². The van der Waals surface area contributed by atoms with Crippen LogP contribution in [0.25, 0.3) is 0 Å². The highest BCUT2D eigenvalue weighted by Gasteiger charge is 2.45. The van der Waals surface area contributed by atoms with Crippen molar-refractivity contribution in [1.82, 2.24) is 14.7 Å². The Bertz CT molecular complexity index is 1640. The molecule has 2 atom stereocenters. The largest absolute Gasteiger partial charge is 0.445 e. The van der Waals surface area contributed by atoms with E-state index in [1.54, 1.807) is 17.9 Å². The normalized spacial score (nSPS) is 19.4. The number of amides is 2. The number of hydrogen-bond acceptors (Lipinski definition) is 4. The summed E-state index contributed by atoms with van der Waals surface area (Å²) >= 11 is 0. The second-order valence-corrected chi connectivity index (χ2v) is 13.4. The Morgan fingerprint density at radius 3 is 2.02 bits per heavy atom. The van der Waals surface area contributed by atoms with Crippen molar-refractivity contribution in [3.63, 3.8) is 0 Å². The van der Waals surface area contributed by atoms with Crippen LogP contribution < -0.4 is 0 Å². The molecule has 2 fully saturated rings. The Balaban J connectivity index is 1.35. The van der Waals surface area contributed by atoms with E-state index < -0.39 is 58.3 Å². The number of rotatable bonds is 7. The number of halogens is 7. The maximum atomic E-state index is 14.1. The highest BCUT2D eigenvalue weighted by Crippen LogP contribution is 2.41. The molecule has 3 aromatic rings. The van der Waals surface area contributed by atoms with E-state index in [2.05, 4.69) is 4.90 Å². The van der Waals surface area contributed by atoms with Crippen LogP contribution in [0.4, 0.5) is 35.5 Å². The number of ether oxygens (including phenoxy) is 1. The van der Waals surface area contributed by atoms with Gasteiger partial charge in [-0.15, -0.1) is 0 Å². The summed E-state index contributed by atoms with van der Waals surface area (Å²) in [6.45, 7) is 6.30. The summed E-state index contributed by atoms with van der Waals surface area (Å²) in [6, 6.07) is 14.4. The van der Waals surface area contributed by atoms with Crippen LogP contribution in [-0.2, 0) is 33.9 Å². The molecule has 0 unspecified atom stereocenters. The molecule has 6 nitrogen and oxygen atoms in total. The van der Waals surface area contributed by atoms with E-state index in [0.29, 0.717) is 50.3 Å². The van der Waals surface area contributed by atoms with Gasteiger partial charge in [0.05, 0.1) is 16.5 Å². The standard InChI is InChI=1S/C36H38F7N3O3/c1-22-14-27(37)10-11-29(22)30-20-45(28-18-46(19-28)33(48)49-21-23-8-6-5-7-9-23)13-12-31(30)44(4)32(47)34(2,3)24-15-25(35(38,39)40)17-26(16-24)36(41,42)43/h5-11,14-17,28,30-31H,12-13,18-21H2,1-4H3/t30-,31+/m1/s1. The molecular formula is C36H38F7N3O3. The summed E-state index contributed by atoms with van der Waals surface area (Å²) in [7, 11) is 1.50. The second-order valence-electron chi connectivity index (χ2n) is 13.4. The average Bonchev–Trinajstić information content (AvgIpc) is 3.02. The fourth-order valence-electron chi connectivity index (χ4n) is 6.80. The van der Waals surface area contributed by atoms with Crippen molar-refractivity contribution in [2.45, 2.75) is 69.6 Å². The monoisotopic (exact) mass is 693 g/mol. The number of piperidine rings is 1. The zero-order valence-electron chi connectivity index (χ0n) is 27.5. The van der Waals surface area contributed by atoms with E-state index in [0.717, 1.165) is 11.1 Å². The van der Waals surface area contributed by atoms with E-state index in [-0.39, 0.29) is 24.6 Å². The Kier molecular flexibility index (Phi) is 10.1. The van der Waals surface area contributed by atoms with Gasteiger partial charge in [-0.2, -0.15) is 26.3 Å². The SMILES string of the molecule is Cc1cc(F)ccc1[C@H]1CN(C2CN(C(=O)OCc3ccccc3)C2)CC[C@@H]1N(C)C(=O)C(C)(C)c1cc(C(F)(F)F)cc(C(F)(F)F)c1. The van der Waals surface area contributed by atoms with Gasteiger partial charge in [-0.25, -0.2) is 9.18 Å². The van der Waals surface area contributed by atoms with Crippen molar-refractivity contribution >= 4 is 12.0 Å². The van der Waals surface area contributed by atoms with E-state index in [4.69, 9.17) is 4.74 Å². The van der Waals surface area contributed by atoms with Gasteiger partial charge < -0.3 is 14.5 Å². The summed E-state index contributed by atoms with van der Waals surface area (Å²) in [4.78, 5) is 31.9. The molecular weight excluding hydrogens is 655 g/mol. The van der Waals surface area contributed by atoms with Crippen LogP contribution >= 0.6 is 0 Å². The lowest BCUT2D eigenvalue weighted by Gasteiger charge is -2.51. The quantitative estimate of drug-likeness (QED) is 0.237. The van der Waals surface area contributed by atoms with Gasteiger partial charge in [0.2, 0.25) is 5.91 Å². The Morgan fingerprint density at radius 2 is 1.45 bits per heavy atom. The third kappa shape index (κ3) is 7.87. The third-order valence-electron chi connectivity index (χ3n) is 9.74. The van der Waals surface area contributed by atoms with E-state index in [9.17, 15) is 40.3 Å². The van der Waals surface area contributed by atoms with E-state index in [1.165, 1.54) is 37.9 Å². The van der Waals surface area contributed by atoms with E-state index in [1.807, 2.05) is 30.3 Å². The predicted octanol–water partition coefficient (Wildman–Crippen LogP) is 7.79. The smallest absolute Gasteiger partial charge is 0.416 e. The van der Waals surface area contributed by atoms with Gasteiger partial charge in [-0.1, -0.05) is 36.4 Å². The molecule has 0 aromatic heterocycles. The molecule has 0 aliphatic carbocycles. The molecule has 0 bridgehead atoms. The van der Waals surface area contributed by atoms with Crippen molar-refractivity contribution in [3.8, 4) is 0 Å². The van der Waals surface area contributed by atoms with Gasteiger partial charge in [-0.05, 0) is 79.8 Å². The van der Waals surface area contributed by atoms with Crippen molar-refractivity contribution < 1.29 is 45.1 Å². The third-order valence-corrected chi connectivity index (χ3v) is 9.74. The molecule has 0 saturated carbocycles. The van der Waals surface area contributed by atoms with Crippen LogP contribution in [0.5, 0.6) is 0 Å². The lowest BCUT2D eigenvalue weighted by molar-refractivity contribution is -0.144. The fourth-order valence-corrected chi connectivity index (χ4v) is 6.80. The number of aryl methyl sites for hydroxylation is 1. The lowest BCUT2D eigenvalue weighted by atomic mass is 9.78. The molecule has 3 aromatic carbocycles. The maximum Gasteiger partial charge on any atom is 0.416 e. The van der Waals surface area contributed by atoms with Gasteiger partial charge in [0, 0.05) is 51.2 Å². The summed E-state index contributed by atoms with van der Waals surface area (Å²) < 4.78 is 102. The molecule has 5 rings (SSSR count). The number of nitrogens with zero attached hydrogens (tertiary/aromatic N) is 3. The zero-order valence-corrected chi connectivity index (χ0v) is 27.5. The Hall–Kier alpha value is -4.13. The molecule has 13 heteroatoms. The number of likely N-dealkylation sites (N-methyl/N-ethyl adjacent to an activating group) is 1. The molecule has 0 spiro atoms. The van der Waals surface area contributed by atoms with Crippen molar-refractivity contribution in [2.24, 2.45) is 0 Å². The Morgan fingerprint density at radius 1 is 0.857 bits per heavy atom. The summed E-state index contributed by atoms with van der Waals surface area (Å²) in [5, 5.41) is 0. The summed E-state index contributed by atoms with van der Waals surface area (Å²) in [5.41, 5.74) is -2.88. The van der Waals surface area contributed by atoms with Crippen molar-refractivity contribution in [2.75, 3.05) is 33.2 Å². The number of benzene rings is 3. The van der Waals surface area contributed by atoms with Gasteiger partial charge in [0.1, 0.15) is 12.4 Å². The van der Waals surface area contributed by atoms with Crippen LogP contribution in [-0.4, -0.2) is 72.0 Å². The molecule has 2 saturated heterocycles. The minimum atomic E-state index is -5.06. The number of hydrogen-bond donors (Lipinski definition) is 0. The molecule has 2 heterocycles. The molecule has 0 N–H and O–H groups in total. The fraction of sp³-hybridized carbons (Fsp3) is 0.444. The summed E-state index contributed by atoms with van der Waals surface area (Å²) in [5.74, 6) is -1.46. The number of likely N-dealkylation sites (tertiary alicyclic amines) is 2. The highest BCUT2D eigenvalue weighted by molar-refractivity contribution is 5.87. The first-order valence-corrected chi connectivity index (χ1v) is 15.9. The summed E-state index contributed by atoms with van der Waals surface area (Å²) in [6.07, 6.45) is -10.1. The number of alkyl halides is 6. The van der Waals surface area contributed by atoms with Crippen LogP contribution in [0, 0.1) is 12.7 Å². The Labute approximate surface area is 280 Å². The zero-order chi connectivity index (χ0) is 35.9. The van der Waals surface area contributed by atoms with Crippen LogP contribution in [0.1, 0.15) is 59.6 Å². The molecule has 264 valence electrons. The molecule has 2 aliphatic heterocycles. The molecule has 2 aliphatic rings. The van der Waals surface area contributed by atoms with Gasteiger partial charge in [0.15, 0.2) is 0 Å². The number of carbonyl (C=O) groups excluding carboxylic acids is 2. The van der Waals surface area contributed by atoms with Crippen LogP contribution in [0.15, 0.2) is 66.7 Å². The second kappa shape index (κ2) is 13.6. The van der Waals surface area contributed by atoms with Crippen LogP contribution in [0.2, 0.25) is 0 Å². The van der Waals surface area contributed by atoms with Crippen molar-refractivity contribution in [3.05, 3.63) is 106 Å². The van der Waals surface area contributed by atoms with E-state index >= 15 is 0 Å². The van der Waals surface area contributed by atoms with Gasteiger partial charge in [0.25, 0.3) is 0 Å². The first-order chi connectivity index (χ1) is 22.9. The first-order valence-electron chi connectivity index (χ1n) is 15.9. The maximum absolute atomic E-state index is 14.1. The highest BCUT2D eigenvalue weighted by atomic mass is 19.4. The lowest BCUT2D eigenvalue weighted by Crippen LogP contribution is -2.64.